The van der Waals surface area contributed by atoms with Crippen molar-refractivity contribution in [1.29, 1.82) is 0 Å². The van der Waals surface area contributed by atoms with Crippen LogP contribution >= 0.6 is 11.6 Å². The third kappa shape index (κ3) is 5.86. The average molecular weight is 458 g/mol. The van der Waals surface area contributed by atoms with E-state index >= 15 is 0 Å². The molecule has 0 aromatic heterocycles. The first-order valence-corrected chi connectivity index (χ1v) is 9.71. The van der Waals surface area contributed by atoms with E-state index in [1.807, 2.05) is 0 Å². The summed E-state index contributed by atoms with van der Waals surface area (Å²) in [6, 6.07) is 6.40. The highest BCUT2D eigenvalue weighted by molar-refractivity contribution is 6.66. The summed E-state index contributed by atoms with van der Waals surface area (Å²) in [5.74, 6) is -2.61. The molecule has 1 saturated heterocycles. The molecule has 170 valence electrons. The van der Waals surface area contributed by atoms with E-state index < -0.39 is 53.8 Å². The van der Waals surface area contributed by atoms with Gasteiger partial charge < -0.3 is 23.7 Å². The minimum Gasteiger partial charge on any atom is -0.467 e. The largest absolute Gasteiger partial charge is 0.467 e. The Bertz CT molecular complexity index is 846. The summed E-state index contributed by atoms with van der Waals surface area (Å²) >= 11 is 5.57. The van der Waals surface area contributed by atoms with Crippen LogP contribution in [-0.4, -0.2) is 62.0 Å². The van der Waals surface area contributed by atoms with Crippen molar-refractivity contribution in [3.8, 4) is 5.75 Å². The molecular formula is C20H24ClNO9. The number of halogens is 1. The third-order valence-electron chi connectivity index (χ3n) is 4.64. The smallest absolute Gasteiger partial charge is 0.335 e. The van der Waals surface area contributed by atoms with Crippen molar-refractivity contribution in [3.63, 3.8) is 0 Å². The number of carbonyl (C=O) groups excluding carboxylic acids is 4. The van der Waals surface area contributed by atoms with Crippen LogP contribution in [0.5, 0.6) is 5.75 Å². The molecule has 0 saturated carbocycles. The van der Waals surface area contributed by atoms with E-state index in [2.05, 4.69) is 0 Å². The van der Waals surface area contributed by atoms with Crippen molar-refractivity contribution in [3.05, 3.63) is 24.3 Å². The van der Waals surface area contributed by atoms with E-state index in [4.69, 9.17) is 35.3 Å². The summed E-state index contributed by atoms with van der Waals surface area (Å²) in [6.45, 7) is 3.95. The van der Waals surface area contributed by atoms with E-state index in [1.54, 1.807) is 25.1 Å². The van der Waals surface area contributed by atoms with Crippen LogP contribution in [0.15, 0.2) is 24.3 Å². The van der Waals surface area contributed by atoms with Crippen LogP contribution < -0.4 is 9.64 Å². The molecule has 1 heterocycles. The fourth-order valence-corrected chi connectivity index (χ4v) is 3.28. The molecule has 0 N–H and O–H groups in total. The summed E-state index contributed by atoms with van der Waals surface area (Å²) in [5, 5.41) is -0.768. The number of ether oxygens (including phenoxy) is 5. The van der Waals surface area contributed by atoms with Crippen molar-refractivity contribution in [2.24, 2.45) is 5.92 Å². The first-order chi connectivity index (χ1) is 14.6. The first-order valence-electron chi connectivity index (χ1n) is 9.33. The van der Waals surface area contributed by atoms with Crippen LogP contribution in [0, 0.1) is 5.92 Å². The van der Waals surface area contributed by atoms with E-state index in [1.165, 1.54) is 34.1 Å². The number of esters is 3. The lowest BCUT2D eigenvalue weighted by Crippen LogP contribution is -2.60. The summed E-state index contributed by atoms with van der Waals surface area (Å²) in [6.07, 6.45) is -4.81. The minimum absolute atomic E-state index is 0.154. The van der Waals surface area contributed by atoms with E-state index in [0.29, 0.717) is 5.69 Å². The van der Waals surface area contributed by atoms with Crippen LogP contribution in [0.1, 0.15) is 20.8 Å². The molecule has 0 radical (unpaired) electrons. The SMILES string of the molecule is COC(=O)[C@H]1O[C@@H](Oc2ccccc2N(C)C(=O)Cl)[C@H](OC(C)=O)[C@@H](OC(C)=O)[C@@H]1C. The molecule has 0 unspecified atom stereocenters. The molecule has 0 bridgehead atoms. The molecule has 1 aromatic rings. The van der Waals surface area contributed by atoms with Gasteiger partial charge in [-0.15, -0.1) is 0 Å². The molecule has 1 fully saturated rings. The predicted octanol–water partition coefficient (Wildman–Crippen LogP) is 2.26. The van der Waals surface area contributed by atoms with Crippen LogP contribution in [-0.2, 0) is 33.3 Å². The van der Waals surface area contributed by atoms with Crippen molar-refractivity contribution < 1.29 is 42.9 Å². The van der Waals surface area contributed by atoms with Gasteiger partial charge in [0.2, 0.25) is 12.4 Å². The number of amides is 1. The molecule has 31 heavy (non-hydrogen) atoms. The zero-order chi connectivity index (χ0) is 23.3. The van der Waals surface area contributed by atoms with E-state index in [0.717, 1.165) is 4.90 Å². The number of methoxy groups -OCH3 is 1. The van der Waals surface area contributed by atoms with Gasteiger partial charge in [-0.2, -0.15) is 0 Å². The fourth-order valence-electron chi connectivity index (χ4n) is 3.19. The highest BCUT2D eigenvalue weighted by atomic mass is 35.5. The number of hydrogen-bond donors (Lipinski definition) is 0. The Hall–Kier alpha value is -2.85. The van der Waals surface area contributed by atoms with Crippen molar-refractivity contribution in [2.75, 3.05) is 19.1 Å². The second-order valence-corrected chi connectivity index (χ2v) is 7.18. The number of anilines is 1. The summed E-state index contributed by atoms with van der Waals surface area (Å²) in [5.41, 5.74) is 0.296. The number of benzene rings is 1. The number of rotatable bonds is 6. The topological polar surface area (TPSA) is 118 Å². The Labute approximate surface area is 184 Å². The molecule has 0 spiro atoms. The summed E-state index contributed by atoms with van der Waals surface area (Å²) in [4.78, 5) is 48.5. The quantitative estimate of drug-likeness (QED) is 0.274. The number of hydrogen-bond acceptors (Lipinski definition) is 9. The molecule has 1 aromatic carbocycles. The van der Waals surface area contributed by atoms with Gasteiger partial charge in [-0.3, -0.25) is 19.3 Å². The molecule has 1 aliphatic heterocycles. The maximum Gasteiger partial charge on any atom is 0.335 e. The lowest BCUT2D eigenvalue weighted by Gasteiger charge is -2.43. The maximum atomic E-state index is 12.3. The summed E-state index contributed by atoms with van der Waals surface area (Å²) in [7, 11) is 2.62. The minimum atomic E-state index is -1.37. The second-order valence-electron chi connectivity index (χ2n) is 6.85. The van der Waals surface area contributed by atoms with Gasteiger partial charge in [-0.1, -0.05) is 19.1 Å². The lowest BCUT2D eigenvalue weighted by molar-refractivity contribution is -0.266. The van der Waals surface area contributed by atoms with E-state index in [9.17, 15) is 19.2 Å². The van der Waals surface area contributed by atoms with Crippen molar-refractivity contribution in [1.82, 2.24) is 0 Å². The Balaban J connectivity index is 2.48. The molecule has 1 amide bonds. The second kappa shape index (κ2) is 10.5. The van der Waals surface area contributed by atoms with Gasteiger partial charge in [0.05, 0.1) is 12.8 Å². The van der Waals surface area contributed by atoms with Gasteiger partial charge in [0.1, 0.15) is 5.75 Å². The first kappa shape index (κ1) is 24.4. The molecule has 1 aliphatic rings. The van der Waals surface area contributed by atoms with Gasteiger partial charge in [0.15, 0.2) is 12.2 Å². The van der Waals surface area contributed by atoms with Gasteiger partial charge >= 0.3 is 23.3 Å². The molecule has 2 rings (SSSR count). The van der Waals surface area contributed by atoms with Crippen LogP contribution in [0.4, 0.5) is 10.5 Å². The normalized spacial score (nSPS) is 25.2. The van der Waals surface area contributed by atoms with Crippen LogP contribution in [0.2, 0.25) is 0 Å². The molecule has 10 nitrogen and oxygen atoms in total. The maximum absolute atomic E-state index is 12.3. The van der Waals surface area contributed by atoms with Crippen molar-refractivity contribution >= 4 is 40.6 Å². The van der Waals surface area contributed by atoms with E-state index in [-0.39, 0.29) is 5.75 Å². The number of para-hydroxylation sites is 2. The van der Waals surface area contributed by atoms with Gasteiger partial charge in [0.25, 0.3) is 0 Å². The molecule has 5 atom stereocenters. The highest BCUT2D eigenvalue weighted by Crippen LogP contribution is 2.35. The number of nitrogens with zero attached hydrogens (tertiary/aromatic N) is 1. The van der Waals surface area contributed by atoms with Gasteiger partial charge in [-0.25, -0.2) is 4.79 Å². The molecule has 0 aliphatic carbocycles. The van der Waals surface area contributed by atoms with Gasteiger partial charge in [0, 0.05) is 26.8 Å². The fraction of sp³-hybridized carbons (Fsp3) is 0.500. The summed E-state index contributed by atoms with van der Waals surface area (Å²) < 4.78 is 27.2. The van der Waals surface area contributed by atoms with Crippen LogP contribution in [0.25, 0.3) is 0 Å². The average Bonchev–Trinajstić information content (AvgIpc) is 2.71. The Morgan fingerprint density at radius 2 is 1.61 bits per heavy atom. The standard InChI is InChI=1S/C20H24ClNO9/c1-10-15(28-11(2)23)17(29-12(3)24)19(31-16(10)18(25)27-5)30-14-9-7-6-8-13(14)22(4)20(21)26/h6-10,15-17,19H,1-5H3/t10-,15-,16-,17+,19+/m0/s1. The Morgan fingerprint density at radius 1 is 1.03 bits per heavy atom. The zero-order valence-corrected chi connectivity index (χ0v) is 18.5. The zero-order valence-electron chi connectivity index (χ0n) is 17.7. The molecular weight excluding hydrogens is 434 g/mol. The number of carbonyl (C=O) groups is 4. The lowest BCUT2D eigenvalue weighted by atomic mass is 9.90. The molecule has 11 heteroatoms. The highest BCUT2D eigenvalue weighted by Gasteiger charge is 2.52. The van der Waals surface area contributed by atoms with Gasteiger partial charge in [-0.05, 0) is 23.7 Å². The predicted molar refractivity (Wildman–Crippen MR) is 108 cm³/mol. The van der Waals surface area contributed by atoms with Crippen molar-refractivity contribution in [2.45, 2.75) is 45.4 Å². The Kier molecular flexibility index (Phi) is 8.23. The monoisotopic (exact) mass is 457 g/mol. The Morgan fingerprint density at radius 3 is 2.16 bits per heavy atom. The third-order valence-corrected chi connectivity index (χ3v) is 4.89. The van der Waals surface area contributed by atoms with Crippen LogP contribution in [0.3, 0.4) is 0 Å².